The quantitative estimate of drug-likeness (QED) is 0.203. The maximum Gasteiger partial charge on any atom is 0.306 e. The fourth-order valence-electron chi connectivity index (χ4n) is 5.16. The predicted molar refractivity (Wildman–Crippen MR) is 146 cm³/mol. The van der Waals surface area contributed by atoms with E-state index < -0.39 is 11.9 Å². The van der Waals surface area contributed by atoms with Crippen LogP contribution < -0.4 is 16.0 Å². The van der Waals surface area contributed by atoms with Gasteiger partial charge in [0.1, 0.15) is 0 Å². The number of nitrogens with one attached hydrogen (secondary N) is 3. The van der Waals surface area contributed by atoms with Crippen LogP contribution in [0.1, 0.15) is 56.6 Å². The Hall–Kier alpha value is -3.58. The molecule has 2 atom stereocenters. The predicted octanol–water partition coefficient (Wildman–Crippen LogP) is 0.406. The third-order valence-corrected chi connectivity index (χ3v) is 7.46. The summed E-state index contributed by atoms with van der Waals surface area (Å²) in [5, 5.41) is 17.5. The second-order valence-corrected chi connectivity index (χ2v) is 10.4. The van der Waals surface area contributed by atoms with Crippen molar-refractivity contribution in [3.05, 3.63) is 30.1 Å². The molecule has 1 aromatic rings. The molecule has 0 radical (unpaired) electrons. The van der Waals surface area contributed by atoms with E-state index in [0.29, 0.717) is 52.0 Å². The highest BCUT2D eigenvalue weighted by Gasteiger charge is 2.42. The number of hydrogen-bond acceptors (Lipinski definition) is 8. The van der Waals surface area contributed by atoms with Crippen LogP contribution in [0.15, 0.2) is 24.5 Å². The van der Waals surface area contributed by atoms with Crippen LogP contribution in [-0.4, -0.2) is 97.2 Å². The molecule has 2 aliphatic rings. The molecule has 1 saturated carbocycles. The first kappa shape index (κ1) is 31.9. The van der Waals surface area contributed by atoms with Gasteiger partial charge in [-0.3, -0.25) is 29.0 Å². The summed E-state index contributed by atoms with van der Waals surface area (Å²) in [6, 6.07) is 3.25. The zero-order valence-electron chi connectivity index (χ0n) is 23.5. The number of carbonyl (C=O) groups excluding carboxylic acids is 4. The number of carbonyl (C=O) groups is 5. The highest BCUT2D eigenvalue weighted by Crippen LogP contribution is 2.36. The van der Waals surface area contributed by atoms with Crippen LogP contribution in [-0.2, 0) is 33.4 Å². The Bertz CT molecular complexity index is 1030. The largest absolute Gasteiger partial charge is 0.481 e. The van der Waals surface area contributed by atoms with E-state index in [2.05, 4.69) is 20.9 Å². The van der Waals surface area contributed by atoms with Crippen molar-refractivity contribution in [1.82, 2.24) is 25.8 Å². The molecule has 41 heavy (non-hydrogen) atoms. The molecule has 0 unspecified atom stereocenters. The Labute approximate surface area is 239 Å². The monoisotopic (exact) mass is 575 g/mol. The molecule has 4 amide bonds. The van der Waals surface area contributed by atoms with Crippen molar-refractivity contribution in [1.29, 1.82) is 0 Å². The Kier molecular flexibility index (Phi) is 13.0. The van der Waals surface area contributed by atoms with E-state index in [1.165, 1.54) is 0 Å². The first-order chi connectivity index (χ1) is 19.8. The van der Waals surface area contributed by atoms with Gasteiger partial charge in [0, 0.05) is 57.8 Å². The van der Waals surface area contributed by atoms with Crippen molar-refractivity contribution in [2.75, 3.05) is 46.6 Å². The van der Waals surface area contributed by atoms with Gasteiger partial charge in [-0.05, 0) is 37.3 Å². The van der Waals surface area contributed by atoms with Gasteiger partial charge >= 0.3 is 5.97 Å². The molecule has 2 fully saturated rings. The minimum Gasteiger partial charge on any atom is -0.481 e. The van der Waals surface area contributed by atoms with Gasteiger partial charge in [0.2, 0.25) is 23.6 Å². The van der Waals surface area contributed by atoms with Crippen molar-refractivity contribution in [3.8, 4) is 0 Å². The molecule has 1 aliphatic heterocycles. The molecule has 1 aliphatic carbocycles. The third-order valence-electron chi connectivity index (χ3n) is 7.46. The number of amides is 4. The molecule has 3 rings (SSSR count). The summed E-state index contributed by atoms with van der Waals surface area (Å²) in [6.45, 7) is 1.66. The SMILES string of the molecule is CN1C(=O)C[C@H](C(=O)NCCC(=O)NCCOCCOCCC(=O)N[C@H]2CC[C@@H](C(=O)O)CC2)[C@H]1c1cccnc1. The number of pyridine rings is 1. The number of rotatable bonds is 16. The number of aliphatic carboxylic acids is 1. The van der Waals surface area contributed by atoms with Crippen LogP contribution >= 0.6 is 0 Å². The van der Waals surface area contributed by atoms with Crippen LogP contribution in [0.2, 0.25) is 0 Å². The molecular weight excluding hydrogens is 534 g/mol. The Morgan fingerprint density at radius 1 is 0.976 bits per heavy atom. The lowest BCUT2D eigenvalue weighted by Crippen LogP contribution is -2.39. The molecule has 0 spiro atoms. The van der Waals surface area contributed by atoms with E-state index in [4.69, 9.17) is 14.6 Å². The number of nitrogens with zero attached hydrogens (tertiary/aromatic N) is 2. The number of likely N-dealkylation sites (tertiary alicyclic amines) is 1. The topological polar surface area (TPSA) is 176 Å². The third kappa shape index (κ3) is 10.4. The van der Waals surface area contributed by atoms with Crippen molar-refractivity contribution in [3.63, 3.8) is 0 Å². The van der Waals surface area contributed by atoms with Crippen molar-refractivity contribution in [2.24, 2.45) is 11.8 Å². The summed E-state index contributed by atoms with van der Waals surface area (Å²) >= 11 is 0. The molecule has 226 valence electrons. The lowest BCUT2D eigenvalue weighted by Gasteiger charge is -2.26. The van der Waals surface area contributed by atoms with Gasteiger partial charge in [0.15, 0.2) is 0 Å². The molecule has 0 aromatic carbocycles. The zero-order valence-corrected chi connectivity index (χ0v) is 23.5. The molecule has 0 bridgehead atoms. The smallest absolute Gasteiger partial charge is 0.306 e. The molecule has 2 heterocycles. The fourth-order valence-corrected chi connectivity index (χ4v) is 5.16. The number of hydrogen-bond donors (Lipinski definition) is 4. The van der Waals surface area contributed by atoms with Gasteiger partial charge in [-0.25, -0.2) is 0 Å². The van der Waals surface area contributed by atoms with E-state index in [0.717, 1.165) is 5.56 Å². The number of aromatic nitrogens is 1. The van der Waals surface area contributed by atoms with Crippen LogP contribution in [0.25, 0.3) is 0 Å². The van der Waals surface area contributed by atoms with Gasteiger partial charge < -0.3 is 35.4 Å². The molecular formula is C28H41N5O8. The number of carboxylic acid groups (broad SMARTS) is 1. The van der Waals surface area contributed by atoms with Crippen molar-refractivity contribution < 1.29 is 38.6 Å². The standard InChI is InChI=1S/C28H41N5O8/c1-33-25(36)17-22(26(33)20-3-2-10-29-18-20)27(37)31-11-8-23(34)30-12-14-41-16-15-40-13-9-24(35)32-21-6-4-19(5-7-21)28(38)39/h2-3,10,18-19,21-22,26H,4-9,11-17H2,1H3,(H,30,34)(H,31,37)(H,32,35)(H,38,39)/t19-,21+,22-,26+/m0/s1. The van der Waals surface area contributed by atoms with Crippen molar-refractivity contribution in [2.45, 2.75) is 57.0 Å². The summed E-state index contributed by atoms with van der Waals surface area (Å²) in [5.41, 5.74) is 0.794. The van der Waals surface area contributed by atoms with Gasteiger partial charge in [0.05, 0.1) is 44.3 Å². The number of ether oxygens (including phenoxy) is 2. The maximum absolute atomic E-state index is 12.8. The molecule has 13 nitrogen and oxygen atoms in total. The second kappa shape index (κ2) is 16.6. The van der Waals surface area contributed by atoms with Crippen LogP contribution in [0.4, 0.5) is 0 Å². The lowest BCUT2D eigenvalue weighted by atomic mass is 9.86. The Morgan fingerprint density at radius 2 is 1.71 bits per heavy atom. The summed E-state index contributed by atoms with van der Waals surface area (Å²) in [6.07, 6.45) is 6.25. The van der Waals surface area contributed by atoms with E-state index in [9.17, 15) is 24.0 Å². The summed E-state index contributed by atoms with van der Waals surface area (Å²) in [5.74, 6) is -2.34. The van der Waals surface area contributed by atoms with Crippen molar-refractivity contribution >= 4 is 29.6 Å². The first-order valence-electron chi connectivity index (χ1n) is 14.1. The van der Waals surface area contributed by atoms with Crippen LogP contribution in [0.3, 0.4) is 0 Å². The average molecular weight is 576 g/mol. The van der Waals surface area contributed by atoms with E-state index in [-0.39, 0.29) is 74.0 Å². The second-order valence-electron chi connectivity index (χ2n) is 10.4. The number of carboxylic acids is 1. The zero-order chi connectivity index (χ0) is 29.6. The van der Waals surface area contributed by atoms with E-state index in [1.807, 2.05) is 6.07 Å². The highest BCUT2D eigenvalue weighted by atomic mass is 16.5. The van der Waals surface area contributed by atoms with Gasteiger partial charge in [-0.2, -0.15) is 0 Å². The summed E-state index contributed by atoms with van der Waals surface area (Å²) in [4.78, 5) is 65.7. The summed E-state index contributed by atoms with van der Waals surface area (Å²) in [7, 11) is 1.67. The average Bonchev–Trinajstić information content (AvgIpc) is 3.26. The van der Waals surface area contributed by atoms with Crippen LogP contribution in [0.5, 0.6) is 0 Å². The molecule has 1 aromatic heterocycles. The first-order valence-corrected chi connectivity index (χ1v) is 14.1. The minimum absolute atomic E-state index is 0.0256. The van der Waals surface area contributed by atoms with E-state index >= 15 is 0 Å². The van der Waals surface area contributed by atoms with E-state index in [1.54, 1.807) is 30.4 Å². The Morgan fingerprint density at radius 3 is 2.39 bits per heavy atom. The molecule has 13 heteroatoms. The molecule has 1 saturated heterocycles. The fraction of sp³-hybridized carbons (Fsp3) is 0.643. The Balaban J connectivity index is 1.17. The molecule has 4 N–H and O–H groups in total. The van der Waals surface area contributed by atoms with Gasteiger partial charge in [-0.15, -0.1) is 0 Å². The minimum atomic E-state index is -0.766. The van der Waals surface area contributed by atoms with Crippen LogP contribution in [0, 0.1) is 11.8 Å². The summed E-state index contributed by atoms with van der Waals surface area (Å²) < 4.78 is 10.8. The normalized spacial score (nSPS) is 22.3. The highest BCUT2D eigenvalue weighted by molar-refractivity contribution is 5.90. The lowest BCUT2D eigenvalue weighted by molar-refractivity contribution is -0.143. The maximum atomic E-state index is 12.8. The van der Waals surface area contributed by atoms with Gasteiger partial charge in [0.25, 0.3) is 0 Å². The van der Waals surface area contributed by atoms with Gasteiger partial charge in [-0.1, -0.05) is 6.07 Å².